The van der Waals surface area contributed by atoms with Crippen LogP contribution in [0.5, 0.6) is 0 Å². The van der Waals surface area contributed by atoms with Crippen LogP contribution in [-0.4, -0.2) is 29.2 Å². The van der Waals surface area contributed by atoms with Gasteiger partial charge in [-0.3, -0.25) is 4.79 Å². The molecule has 1 fully saturated rings. The highest BCUT2D eigenvalue weighted by molar-refractivity contribution is 5.99. The van der Waals surface area contributed by atoms with E-state index in [9.17, 15) is 14.9 Å². The number of hydrogen-bond acceptors (Lipinski definition) is 6. The Morgan fingerprint density at radius 1 is 1.17 bits per heavy atom. The summed E-state index contributed by atoms with van der Waals surface area (Å²) in [6.07, 6.45) is 3.04. The van der Waals surface area contributed by atoms with Gasteiger partial charge in [-0.25, -0.2) is 4.79 Å². The number of carbonyl (C=O) groups is 2. The van der Waals surface area contributed by atoms with E-state index in [0.29, 0.717) is 35.1 Å². The maximum atomic E-state index is 12.4. The third kappa shape index (κ3) is 3.83. The molecule has 1 amide bonds. The lowest BCUT2D eigenvalue weighted by Crippen LogP contribution is -2.46. The molecule has 0 unspecified atom stereocenters. The van der Waals surface area contributed by atoms with Gasteiger partial charge in [0.1, 0.15) is 11.1 Å². The zero-order valence-corrected chi connectivity index (χ0v) is 15.7. The average molecular weight is 389 g/mol. The molecule has 3 aromatic rings. The molecule has 1 aromatic heterocycles. The Labute approximate surface area is 167 Å². The van der Waals surface area contributed by atoms with E-state index in [1.165, 1.54) is 0 Å². The molecular weight excluding hydrogens is 370 g/mol. The molecule has 2 aromatic carbocycles. The van der Waals surface area contributed by atoms with Crippen molar-refractivity contribution in [1.29, 1.82) is 5.26 Å². The summed E-state index contributed by atoms with van der Waals surface area (Å²) in [5.41, 5.74) is 0.922. The Balaban J connectivity index is 1.46. The Bertz CT molecular complexity index is 1090. The van der Waals surface area contributed by atoms with Gasteiger partial charge < -0.3 is 14.6 Å². The largest absolute Gasteiger partial charge is 0.452 e. The molecule has 1 N–H and O–H groups in total. The van der Waals surface area contributed by atoms with Gasteiger partial charge in [-0.05, 0) is 43.9 Å². The van der Waals surface area contributed by atoms with Gasteiger partial charge in [0.25, 0.3) is 5.91 Å². The molecule has 146 valence electrons. The van der Waals surface area contributed by atoms with Gasteiger partial charge in [-0.1, -0.05) is 35.5 Å². The topological polar surface area (TPSA) is 105 Å². The monoisotopic (exact) mass is 389 g/mol. The molecule has 4 rings (SSSR count). The second kappa shape index (κ2) is 7.76. The van der Waals surface area contributed by atoms with Gasteiger partial charge in [0.05, 0.1) is 17.0 Å². The summed E-state index contributed by atoms with van der Waals surface area (Å²) in [5.74, 6) is -0.539. The first-order valence-corrected chi connectivity index (χ1v) is 9.44. The molecule has 0 spiro atoms. The van der Waals surface area contributed by atoms with Crippen LogP contribution in [0.1, 0.15) is 36.0 Å². The van der Waals surface area contributed by atoms with Crippen LogP contribution < -0.4 is 5.32 Å². The third-order valence-electron chi connectivity index (χ3n) is 5.13. The summed E-state index contributed by atoms with van der Waals surface area (Å²) in [6, 6.07) is 16.5. The van der Waals surface area contributed by atoms with Gasteiger partial charge >= 0.3 is 5.97 Å². The standard InChI is InChI=1S/C22H19N3O4/c23-14-22(10-4-5-11-22)24-19(26)13-28-21(27)16-8-9-18-17(12-16)20(29-25-18)15-6-2-1-3-7-15/h1-3,6-9,12H,4-5,10-11,13H2,(H,24,26). The molecule has 29 heavy (non-hydrogen) atoms. The fourth-order valence-corrected chi connectivity index (χ4v) is 3.63. The number of ether oxygens (including phenoxy) is 1. The van der Waals surface area contributed by atoms with Crippen LogP contribution in [0, 0.1) is 11.3 Å². The highest BCUT2D eigenvalue weighted by atomic mass is 16.5. The summed E-state index contributed by atoms with van der Waals surface area (Å²) in [6.45, 7) is -0.435. The first-order valence-electron chi connectivity index (χ1n) is 9.44. The summed E-state index contributed by atoms with van der Waals surface area (Å²) in [5, 5.41) is 16.7. The van der Waals surface area contributed by atoms with E-state index in [0.717, 1.165) is 18.4 Å². The van der Waals surface area contributed by atoms with Crippen LogP contribution in [0.15, 0.2) is 53.1 Å². The van der Waals surface area contributed by atoms with Crippen LogP contribution in [0.2, 0.25) is 0 Å². The van der Waals surface area contributed by atoms with Crippen molar-refractivity contribution < 1.29 is 18.8 Å². The van der Waals surface area contributed by atoms with Gasteiger partial charge in [0.15, 0.2) is 12.4 Å². The van der Waals surface area contributed by atoms with Crippen LogP contribution in [0.4, 0.5) is 0 Å². The maximum Gasteiger partial charge on any atom is 0.338 e. The number of fused-ring (bicyclic) bond motifs is 1. The van der Waals surface area contributed by atoms with E-state index in [-0.39, 0.29) is 0 Å². The molecular formula is C22H19N3O4. The first kappa shape index (κ1) is 18.7. The fraction of sp³-hybridized carbons (Fsp3) is 0.273. The number of aromatic nitrogens is 1. The first-order chi connectivity index (χ1) is 14.1. The van der Waals surface area contributed by atoms with Crippen molar-refractivity contribution in [2.45, 2.75) is 31.2 Å². The molecule has 0 atom stereocenters. The molecule has 7 heteroatoms. The lowest BCUT2D eigenvalue weighted by Gasteiger charge is -2.21. The molecule has 1 heterocycles. The van der Waals surface area contributed by atoms with Crippen molar-refractivity contribution in [1.82, 2.24) is 10.5 Å². The molecule has 0 bridgehead atoms. The zero-order chi connectivity index (χ0) is 20.3. The summed E-state index contributed by atoms with van der Waals surface area (Å²) in [7, 11) is 0. The molecule has 1 saturated carbocycles. The normalized spacial score (nSPS) is 15.0. The van der Waals surface area contributed by atoms with E-state index in [2.05, 4.69) is 16.5 Å². The van der Waals surface area contributed by atoms with E-state index in [4.69, 9.17) is 9.26 Å². The Kier molecular flexibility index (Phi) is 5.00. The minimum Gasteiger partial charge on any atom is -0.452 e. The number of nitrogens with one attached hydrogen (secondary N) is 1. The quantitative estimate of drug-likeness (QED) is 0.669. The SMILES string of the molecule is N#CC1(NC(=O)COC(=O)c2ccc3noc(-c4ccccc4)c3c2)CCCC1. The molecule has 0 radical (unpaired) electrons. The van der Waals surface area contributed by atoms with Crippen LogP contribution in [-0.2, 0) is 9.53 Å². The van der Waals surface area contributed by atoms with Crippen LogP contribution >= 0.6 is 0 Å². The maximum absolute atomic E-state index is 12.4. The van der Waals surface area contributed by atoms with Crippen molar-refractivity contribution in [3.8, 4) is 17.4 Å². The number of amides is 1. The van der Waals surface area contributed by atoms with Crippen molar-refractivity contribution in [2.24, 2.45) is 0 Å². The average Bonchev–Trinajstić information content (AvgIpc) is 3.39. The third-order valence-corrected chi connectivity index (χ3v) is 5.13. The Morgan fingerprint density at radius 3 is 2.66 bits per heavy atom. The van der Waals surface area contributed by atoms with E-state index < -0.39 is 24.0 Å². The number of rotatable bonds is 5. The number of nitriles is 1. The van der Waals surface area contributed by atoms with Gasteiger partial charge in [-0.2, -0.15) is 5.26 Å². The van der Waals surface area contributed by atoms with Crippen LogP contribution in [0.3, 0.4) is 0 Å². The molecule has 0 saturated heterocycles. The lowest BCUT2D eigenvalue weighted by atomic mass is 10.00. The fourth-order valence-electron chi connectivity index (χ4n) is 3.63. The lowest BCUT2D eigenvalue weighted by molar-refractivity contribution is -0.125. The van der Waals surface area contributed by atoms with Gasteiger partial charge in [0.2, 0.25) is 0 Å². The predicted molar refractivity (Wildman–Crippen MR) is 105 cm³/mol. The highest BCUT2D eigenvalue weighted by Gasteiger charge is 2.35. The van der Waals surface area contributed by atoms with E-state index in [1.54, 1.807) is 18.2 Å². The minimum atomic E-state index is -0.838. The number of carbonyl (C=O) groups excluding carboxylic acids is 2. The minimum absolute atomic E-state index is 0.293. The summed E-state index contributed by atoms with van der Waals surface area (Å²) < 4.78 is 10.6. The molecule has 7 nitrogen and oxygen atoms in total. The number of hydrogen-bond donors (Lipinski definition) is 1. The van der Waals surface area contributed by atoms with E-state index in [1.807, 2.05) is 30.3 Å². The second-order valence-electron chi connectivity index (χ2n) is 7.13. The molecule has 1 aliphatic rings. The summed E-state index contributed by atoms with van der Waals surface area (Å²) in [4.78, 5) is 24.6. The number of benzene rings is 2. The van der Waals surface area contributed by atoms with Crippen molar-refractivity contribution in [2.75, 3.05) is 6.61 Å². The Hall–Kier alpha value is -3.66. The van der Waals surface area contributed by atoms with Crippen molar-refractivity contribution in [3.63, 3.8) is 0 Å². The smallest absolute Gasteiger partial charge is 0.338 e. The van der Waals surface area contributed by atoms with Gasteiger partial charge in [-0.15, -0.1) is 0 Å². The van der Waals surface area contributed by atoms with E-state index >= 15 is 0 Å². The van der Waals surface area contributed by atoms with Crippen LogP contribution in [0.25, 0.3) is 22.2 Å². The Morgan fingerprint density at radius 2 is 1.93 bits per heavy atom. The number of esters is 1. The second-order valence-corrected chi connectivity index (χ2v) is 7.13. The predicted octanol–water partition coefficient (Wildman–Crippen LogP) is 3.60. The zero-order valence-electron chi connectivity index (χ0n) is 15.7. The highest BCUT2D eigenvalue weighted by Crippen LogP contribution is 2.30. The van der Waals surface area contributed by atoms with Crippen molar-refractivity contribution in [3.05, 3.63) is 54.1 Å². The summed E-state index contributed by atoms with van der Waals surface area (Å²) >= 11 is 0. The van der Waals surface area contributed by atoms with Gasteiger partial charge in [0, 0.05) is 5.56 Å². The molecule has 0 aliphatic heterocycles. The van der Waals surface area contributed by atoms with Crippen molar-refractivity contribution >= 4 is 22.8 Å². The number of nitrogens with zero attached hydrogens (tertiary/aromatic N) is 2. The molecule has 1 aliphatic carbocycles.